The summed E-state index contributed by atoms with van der Waals surface area (Å²) in [6, 6.07) is 24.7. The first kappa shape index (κ1) is 21.4. The van der Waals surface area contributed by atoms with Crippen LogP contribution in [0.3, 0.4) is 0 Å². The van der Waals surface area contributed by atoms with Crippen LogP contribution in [0.25, 0.3) is 0 Å². The van der Waals surface area contributed by atoms with Gasteiger partial charge < -0.3 is 9.87 Å². The fourth-order valence-electron chi connectivity index (χ4n) is 4.07. The molecule has 1 heterocycles. The number of nitrogens with one attached hydrogen (secondary N) is 1. The number of anilines is 1. The molecule has 1 amide bonds. The summed E-state index contributed by atoms with van der Waals surface area (Å²) >= 11 is -2.02. The van der Waals surface area contributed by atoms with Crippen molar-refractivity contribution in [3.05, 3.63) is 95.6 Å². The van der Waals surface area contributed by atoms with Crippen LogP contribution in [0.5, 0.6) is 0 Å². The molecule has 4 rings (SSSR count). The molecule has 2 unspecified atom stereocenters. The fourth-order valence-corrected chi connectivity index (χ4v) is 4.44. The highest BCUT2D eigenvalue weighted by Crippen LogP contribution is 2.27. The maximum absolute atomic E-state index is 12.5. The van der Waals surface area contributed by atoms with E-state index in [0.717, 1.165) is 19.6 Å². The van der Waals surface area contributed by atoms with Gasteiger partial charge in [-0.05, 0) is 72.8 Å². The number of nitrogens with zero attached hydrogens (tertiary/aromatic N) is 1. The number of likely N-dealkylation sites (tertiary alicyclic amines) is 1. The molecule has 6 heteroatoms. The Morgan fingerprint density at radius 3 is 2.39 bits per heavy atom. The smallest absolute Gasteiger partial charge is 0.255 e. The minimum atomic E-state index is -2.02. The number of benzene rings is 3. The number of hydrogen-bond donors (Lipinski definition) is 2. The van der Waals surface area contributed by atoms with Gasteiger partial charge in [0, 0.05) is 24.3 Å². The van der Waals surface area contributed by atoms with E-state index in [4.69, 9.17) is 4.55 Å². The van der Waals surface area contributed by atoms with Gasteiger partial charge in [-0.15, -0.1) is 0 Å². The Bertz CT molecular complexity index is 1040. The molecule has 1 aliphatic rings. The first-order chi connectivity index (χ1) is 15.1. The van der Waals surface area contributed by atoms with Crippen molar-refractivity contribution in [2.24, 2.45) is 0 Å². The summed E-state index contributed by atoms with van der Waals surface area (Å²) in [6.45, 7) is 3.03. The van der Waals surface area contributed by atoms with E-state index in [0.29, 0.717) is 22.1 Å². The van der Waals surface area contributed by atoms with Gasteiger partial charge in [0.2, 0.25) is 0 Å². The van der Waals surface area contributed by atoms with Crippen molar-refractivity contribution in [3.63, 3.8) is 0 Å². The Morgan fingerprint density at radius 2 is 1.71 bits per heavy atom. The molecule has 3 aromatic carbocycles. The van der Waals surface area contributed by atoms with Crippen LogP contribution in [-0.4, -0.2) is 32.7 Å². The fraction of sp³-hybridized carbons (Fsp3) is 0.240. The summed E-state index contributed by atoms with van der Waals surface area (Å²) in [5.74, 6) is 0.376. The first-order valence-corrected chi connectivity index (χ1v) is 11.6. The van der Waals surface area contributed by atoms with E-state index < -0.39 is 11.1 Å². The largest absolute Gasteiger partial charge is 0.322 e. The van der Waals surface area contributed by atoms with Gasteiger partial charge in [0.1, 0.15) is 0 Å². The van der Waals surface area contributed by atoms with Gasteiger partial charge in [-0.3, -0.25) is 9.69 Å². The van der Waals surface area contributed by atoms with E-state index in [9.17, 15) is 9.00 Å². The first-order valence-electron chi connectivity index (χ1n) is 10.5. The van der Waals surface area contributed by atoms with E-state index in [-0.39, 0.29) is 5.91 Å². The Hall–Kier alpha value is -2.80. The van der Waals surface area contributed by atoms with Crippen LogP contribution >= 0.6 is 0 Å². The highest BCUT2D eigenvalue weighted by atomic mass is 32.2. The molecule has 0 bridgehead atoms. The Kier molecular flexibility index (Phi) is 6.92. The van der Waals surface area contributed by atoms with E-state index in [2.05, 4.69) is 40.5 Å². The lowest BCUT2D eigenvalue weighted by atomic mass is 9.90. The van der Waals surface area contributed by atoms with E-state index in [1.807, 2.05) is 24.3 Å². The average molecular weight is 435 g/mol. The van der Waals surface area contributed by atoms with E-state index >= 15 is 0 Å². The lowest BCUT2D eigenvalue weighted by molar-refractivity contribution is 0.102. The topological polar surface area (TPSA) is 69.6 Å². The molecule has 5 nitrogen and oxygen atoms in total. The third-order valence-electron chi connectivity index (χ3n) is 5.71. The van der Waals surface area contributed by atoms with Crippen LogP contribution in [0.4, 0.5) is 5.69 Å². The van der Waals surface area contributed by atoms with Crippen molar-refractivity contribution in [1.82, 2.24) is 4.90 Å². The molecule has 0 radical (unpaired) electrons. The zero-order chi connectivity index (χ0) is 21.6. The van der Waals surface area contributed by atoms with Crippen molar-refractivity contribution in [2.45, 2.75) is 30.2 Å². The number of carbonyl (C=O) groups excluding carboxylic acids is 1. The van der Waals surface area contributed by atoms with Crippen LogP contribution in [0, 0.1) is 0 Å². The van der Waals surface area contributed by atoms with Crippen LogP contribution < -0.4 is 5.32 Å². The third-order valence-corrected chi connectivity index (χ3v) is 6.39. The van der Waals surface area contributed by atoms with Crippen LogP contribution in [0.2, 0.25) is 0 Å². The molecule has 3 aromatic rings. The van der Waals surface area contributed by atoms with Crippen molar-refractivity contribution in [1.29, 1.82) is 0 Å². The van der Waals surface area contributed by atoms with Crippen LogP contribution in [-0.2, 0) is 17.6 Å². The third kappa shape index (κ3) is 5.67. The zero-order valence-electron chi connectivity index (χ0n) is 17.2. The number of hydrogen-bond acceptors (Lipinski definition) is 3. The summed E-state index contributed by atoms with van der Waals surface area (Å²) in [6.07, 6.45) is 2.43. The molecule has 0 aromatic heterocycles. The van der Waals surface area contributed by atoms with Gasteiger partial charge in [-0.25, -0.2) is 4.21 Å². The van der Waals surface area contributed by atoms with E-state index in [1.54, 1.807) is 12.1 Å². The van der Waals surface area contributed by atoms with Gasteiger partial charge in [0.15, 0.2) is 11.1 Å². The molecule has 2 N–H and O–H groups in total. The van der Waals surface area contributed by atoms with Crippen molar-refractivity contribution in [3.8, 4) is 0 Å². The highest BCUT2D eigenvalue weighted by molar-refractivity contribution is 7.79. The van der Waals surface area contributed by atoms with Gasteiger partial charge >= 0.3 is 0 Å². The minimum Gasteiger partial charge on any atom is -0.322 e. The predicted molar refractivity (Wildman–Crippen MR) is 124 cm³/mol. The number of carbonyl (C=O) groups is 1. The molecule has 1 saturated heterocycles. The second kappa shape index (κ2) is 10.0. The van der Waals surface area contributed by atoms with E-state index in [1.165, 1.54) is 36.1 Å². The average Bonchev–Trinajstić information content (AvgIpc) is 2.81. The van der Waals surface area contributed by atoms with Gasteiger partial charge in [0.25, 0.3) is 5.91 Å². The quantitative estimate of drug-likeness (QED) is 0.542. The summed E-state index contributed by atoms with van der Waals surface area (Å²) < 4.78 is 20.1. The Morgan fingerprint density at radius 1 is 1.00 bits per heavy atom. The standard InChI is InChI=1S/C25H26N2O3S/c28-25(26-23-12-14-24(15-13-23)31(29)30)21-10-8-19(9-11-21)17-27-16-4-7-22(18-27)20-5-2-1-3-6-20/h1-3,5-6,8-15,22H,4,7,16-18H2,(H,26,28)(H,29,30). The molecular weight excluding hydrogens is 408 g/mol. The monoisotopic (exact) mass is 434 g/mol. The summed E-state index contributed by atoms with van der Waals surface area (Å²) in [7, 11) is 0. The van der Waals surface area contributed by atoms with Crippen molar-refractivity contribution >= 4 is 22.7 Å². The highest BCUT2D eigenvalue weighted by Gasteiger charge is 2.21. The number of piperidine rings is 1. The SMILES string of the molecule is O=C(Nc1ccc(S(=O)O)cc1)c1ccc(CN2CCCC(c3ccccc3)C2)cc1. The molecule has 2 atom stereocenters. The maximum atomic E-state index is 12.5. The molecule has 0 spiro atoms. The summed E-state index contributed by atoms with van der Waals surface area (Å²) in [5.41, 5.74) is 3.78. The Labute approximate surface area is 185 Å². The second-order valence-electron chi connectivity index (χ2n) is 7.91. The Balaban J connectivity index is 1.34. The van der Waals surface area contributed by atoms with Crippen molar-refractivity contribution in [2.75, 3.05) is 18.4 Å². The van der Waals surface area contributed by atoms with Gasteiger partial charge in [0.05, 0.1) is 4.90 Å². The number of amides is 1. The van der Waals surface area contributed by atoms with Crippen molar-refractivity contribution < 1.29 is 13.6 Å². The summed E-state index contributed by atoms with van der Waals surface area (Å²) in [4.78, 5) is 15.3. The van der Waals surface area contributed by atoms with Gasteiger partial charge in [-0.1, -0.05) is 42.5 Å². The maximum Gasteiger partial charge on any atom is 0.255 e. The second-order valence-corrected chi connectivity index (χ2v) is 8.88. The molecule has 0 aliphatic carbocycles. The molecule has 1 aliphatic heterocycles. The molecular formula is C25H26N2O3S. The molecule has 31 heavy (non-hydrogen) atoms. The van der Waals surface area contributed by atoms with Crippen LogP contribution in [0.15, 0.2) is 83.8 Å². The number of rotatable bonds is 6. The lowest BCUT2D eigenvalue weighted by Gasteiger charge is -2.33. The molecule has 1 fully saturated rings. The predicted octanol–water partition coefficient (Wildman–Crippen LogP) is 4.90. The minimum absolute atomic E-state index is 0.202. The zero-order valence-corrected chi connectivity index (χ0v) is 18.1. The van der Waals surface area contributed by atoms with Gasteiger partial charge in [-0.2, -0.15) is 0 Å². The molecule has 0 saturated carbocycles. The molecule has 160 valence electrons. The summed E-state index contributed by atoms with van der Waals surface area (Å²) in [5, 5.41) is 2.82. The van der Waals surface area contributed by atoms with Crippen LogP contribution in [0.1, 0.15) is 40.2 Å². The normalized spacial score (nSPS) is 17.8. The lowest BCUT2D eigenvalue weighted by Crippen LogP contribution is -2.33.